The lowest BCUT2D eigenvalue weighted by atomic mass is 9.81. The van der Waals surface area contributed by atoms with Gasteiger partial charge in [-0.2, -0.15) is 0 Å². The Morgan fingerprint density at radius 1 is 0.901 bits per heavy atom. The van der Waals surface area contributed by atoms with Gasteiger partial charge in [0.25, 0.3) is 5.56 Å². The summed E-state index contributed by atoms with van der Waals surface area (Å²) in [6, 6.07) is -1.72. The first-order chi connectivity index (χ1) is 38.7. The molecule has 0 spiro atoms. The topological polar surface area (TPSA) is 344 Å². The van der Waals surface area contributed by atoms with Crippen molar-refractivity contribution in [3.05, 3.63) is 61.7 Å². The SMILES string of the molecule is CC[C@@]1(OC(=O)C(CC(C)C)NC(=O)[C@@H]2CCCN2C(=O)[C@H](CC(=O)O)NC(=O)CCOCCOCCOCCNC(=O)CCCC(=O)NN)C(=O)OCc2c1cc1n(c2=O)Cc2c-1nc1cc(F)c(C)c3c1c2[C@@H](NC(C)=O)CC3. The molecule has 3 aliphatic heterocycles. The number of nitrogens with one attached hydrogen (secondary N) is 5. The predicted molar refractivity (Wildman–Crippen MR) is 285 cm³/mol. The minimum atomic E-state index is -2.19. The number of esters is 2. The zero-order valence-electron chi connectivity index (χ0n) is 46.3. The van der Waals surface area contributed by atoms with Crippen LogP contribution in [-0.4, -0.2) is 144 Å². The number of ether oxygens (including phenoxy) is 5. The van der Waals surface area contributed by atoms with E-state index in [1.165, 1.54) is 17.6 Å². The van der Waals surface area contributed by atoms with Gasteiger partial charge < -0.3 is 59.5 Å². The summed E-state index contributed by atoms with van der Waals surface area (Å²) in [5, 5.41) is 21.3. The summed E-state index contributed by atoms with van der Waals surface area (Å²) in [4.78, 5) is 138. The number of hydrazine groups is 1. The number of benzene rings is 1. The fourth-order valence-electron chi connectivity index (χ4n) is 11.0. The third-order valence-corrected chi connectivity index (χ3v) is 14.9. The third kappa shape index (κ3) is 14.2. The van der Waals surface area contributed by atoms with Crippen LogP contribution in [0.15, 0.2) is 16.9 Å². The van der Waals surface area contributed by atoms with Gasteiger partial charge in [0.2, 0.25) is 41.0 Å². The summed E-state index contributed by atoms with van der Waals surface area (Å²) in [5.41, 5.74) is 2.91. The number of halogens is 1. The smallest absolute Gasteiger partial charge is 0.355 e. The first-order valence-corrected chi connectivity index (χ1v) is 27.4. The number of nitrogens with two attached hydrogens (primary N) is 1. The Bertz CT molecular complexity index is 3000. The highest BCUT2D eigenvalue weighted by Gasteiger charge is 2.52. The van der Waals surface area contributed by atoms with E-state index >= 15 is 4.39 Å². The Hall–Kier alpha value is -7.42. The van der Waals surface area contributed by atoms with Gasteiger partial charge in [0.15, 0.2) is 0 Å². The summed E-state index contributed by atoms with van der Waals surface area (Å²) < 4.78 is 45.1. The van der Waals surface area contributed by atoms with E-state index in [-0.39, 0.29) is 138 Å². The lowest BCUT2D eigenvalue weighted by molar-refractivity contribution is -0.191. The molecule has 26 heteroatoms. The van der Waals surface area contributed by atoms with E-state index in [2.05, 4.69) is 21.3 Å². The number of carboxylic acids is 1. The molecule has 7 rings (SSSR count). The van der Waals surface area contributed by atoms with Crippen molar-refractivity contribution in [2.75, 3.05) is 52.7 Å². The van der Waals surface area contributed by atoms with Crippen LogP contribution in [0.5, 0.6) is 0 Å². The molecule has 1 fully saturated rings. The van der Waals surface area contributed by atoms with Crippen molar-refractivity contribution in [3.63, 3.8) is 0 Å². The van der Waals surface area contributed by atoms with Gasteiger partial charge in [-0.25, -0.2) is 24.8 Å². The molecule has 3 aromatic rings. The van der Waals surface area contributed by atoms with Crippen LogP contribution in [0, 0.1) is 18.7 Å². The molecule has 25 nitrogen and oxygen atoms in total. The van der Waals surface area contributed by atoms with Crippen LogP contribution in [0.4, 0.5) is 4.39 Å². The Morgan fingerprint density at radius 3 is 2.28 bits per heavy atom. The second kappa shape index (κ2) is 27.4. The van der Waals surface area contributed by atoms with Crippen molar-refractivity contribution in [2.45, 2.75) is 148 Å². The zero-order chi connectivity index (χ0) is 58.7. The van der Waals surface area contributed by atoms with Crippen LogP contribution in [0.1, 0.15) is 131 Å². The molecule has 440 valence electrons. The number of aliphatic carboxylic acids is 1. The standard InChI is InChI=1S/C55H72FN9O16/c1-6-55(35-24-42-49-33(27-65(42)51(73)34(35)28-80-54(55)76)48-37(59-31(5)66)13-12-32-30(4)36(56)25-38(61-49)47(32)48)81-53(75)40(23-29(2)3)62-50(72)41-9-8-16-64(41)52(74)39(26-46(70)71)60-44(68)14-17-77-19-21-79-22-20-78-18-15-58-43(67)10-7-11-45(69)63-57/h24-25,29,37,39-41H,6-23,26-28,57H2,1-5H3,(H,58,67)(H,59,66)(H,60,68)(H,62,72)(H,63,69)(H,70,71)/t37-,39-,40?,41-,55-/m0/s1. The maximum atomic E-state index is 15.5. The molecule has 1 aliphatic carbocycles. The van der Waals surface area contributed by atoms with Crippen molar-refractivity contribution in [2.24, 2.45) is 11.8 Å². The van der Waals surface area contributed by atoms with E-state index in [9.17, 15) is 53.1 Å². The molecule has 2 aromatic heterocycles. The lowest BCUT2D eigenvalue weighted by Gasteiger charge is -2.37. The van der Waals surface area contributed by atoms with Crippen molar-refractivity contribution in [3.8, 4) is 11.4 Å². The van der Waals surface area contributed by atoms with Gasteiger partial charge in [-0.05, 0) is 80.5 Å². The molecular weight excluding hydrogens is 1060 g/mol. The highest BCUT2D eigenvalue weighted by atomic mass is 19.1. The number of likely N-dealkylation sites (tertiary alicyclic amines) is 1. The lowest BCUT2D eigenvalue weighted by Crippen LogP contribution is -2.56. The average Bonchev–Trinajstić information content (AvgIpc) is 4.18. The number of carbonyl (C=O) groups excluding carboxylic acids is 8. The minimum absolute atomic E-state index is 0.00508. The molecule has 0 radical (unpaired) electrons. The van der Waals surface area contributed by atoms with Crippen molar-refractivity contribution in [1.29, 1.82) is 0 Å². The predicted octanol–water partition coefficient (Wildman–Crippen LogP) is 1.40. The summed E-state index contributed by atoms with van der Waals surface area (Å²) in [7, 11) is 0. The van der Waals surface area contributed by atoms with Crippen LogP contribution < -0.4 is 38.1 Å². The van der Waals surface area contributed by atoms with Crippen molar-refractivity contribution >= 4 is 64.3 Å². The second-order valence-electron chi connectivity index (χ2n) is 20.9. The number of aryl methyl sites for hydroxylation is 1. The Labute approximate surface area is 466 Å². The molecule has 1 unspecified atom stereocenters. The summed E-state index contributed by atoms with van der Waals surface area (Å²) in [6.45, 7) is 9.06. The van der Waals surface area contributed by atoms with Gasteiger partial charge in [-0.15, -0.1) is 0 Å². The van der Waals surface area contributed by atoms with Gasteiger partial charge in [0.05, 0.1) is 81.1 Å². The van der Waals surface area contributed by atoms with Crippen LogP contribution >= 0.6 is 0 Å². The van der Waals surface area contributed by atoms with Crippen molar-refractivity contribution < 1.29 is 76.3 Å². The number of cyclic esters (lactones) is 1. The van der Waals surface area contributed by atoms with Gasteiger partial charge in [-0.3, -0.25) is 43.8 Å². The molecule has 5 atom stereocenters. The van der Waals surface area contributed by atoms with E-state index in [0.717, 1.165) is 16.0 Å². The molecular formula is C55H72FN9O16. The van der Waals surface area contributed by atoms with E-state index < -0.39 is 89.8 Å². The number of carbonyl (C=O) groups is 9. The maximum Gasteiger partial charge on any atom is 0.355 e. The highest BCUT2D eigenvalue weighted by molar-refractivity contribution is 5.97. The Kier molecular flexibility index (Phi) is 20.7. The number of fused-ring (bicyclic) bond motifs is 5. The molecule has 6 amide bonds. The molecule has 8 N–H and O–H groups in total. The van der Waals surface area contributed by atoms with E-state index in [4.69, 9.17) is 34.5 Å². The number of aromatic nitrogens is 2. The number of hydrogen-bond acceptors (Lipinski definition) is 17. The molecule has 4 aliphatic rings. The van der Waals surface area contributed by atoms with Crippen LogP contribution in [0.2, 0.25) is 0 Å². The van der Waals surface area contributed by atoms with E-state index in [0.29, 0.717) is 53.4 Å². The second-order valence-corrected chi connectivity index (χ2v) is 20.9. The van der Waals surface area contributed by atoms with Gasteiger partial charge in [0, 0.05) is 61.9 Å². The van der Waals surface area contributed by atoms with E-state index in [1.54, 1.807) is 33.8 Å². The first kappa shape index (κ1) is 61.2. The number of nitrogens with zero attached hydrogens (tertiary/aromatic N) is 3. The number of pyridine rings is 2. The monoisotopic (exact) mass is 1130 g/mol. The number of rotatable bonds is 28. The summed E-state index contributed by atoms with van der Waals surface area (Å²) in [6.07, 6.45) is 0.872. The van der Waals surface area contributed by atoms with Gasteiger partial charge in [-0.1, -0.05) is 20.8 Å². The fraction of sp³-hybridized carbons (Fsp3) is 0.582. The quantitative estimate of drug-likeness (QED) is 0.0139. The average molecular weight is 1130 g/mol. The van der Waals surface area contributed by atoms with E-state index in [1.807, 2.05) is 5.43 Å². The normalized spacial score (nSPS) is 18.5. The molecule has 5 heterocycles. The zero-order valence-corrected chi connectivity index (χ0v) is 46.3. The molecule has 81 heavy (non-hydrogen) atoms. The molecule has 0 bridgehead atoms. The number of amides is 6. The summed E-state index contributed by atoms with van der Waals surface area (Å²) >= 11 is 0. The highest BCUT2D eigenvalue weighted by Crippen LogP contribution is 2.46. The number of carboxylic acid groups (broad SMARTS) is 1. The van der Waals surface area contributed by atoms with Gasteiger partial charge in [0.1, 0.15) is 30.5 Å². The summed E-state index contributed by atoms with van der Waals surface area (Å²) in [5.74, 6) is -2.20. The van der Waals surface area contributed by atoms with Crippen molar-refractivity contribution in [1.82, 2.24) is 41.1 Å². The molecule has 1 aromatic carbocycles. The Morgan fingerprint density at radius 2 is 1.60 bits per heavy atom. The molecule has 0 saturated carbocycles. The fourth-order valence-corrected chi connectivity index (χ4v) is 11.0. The number of hydrogen-bond donors (Lipinski definition) is 7. The van der Waals surface area contributed by atoms with Crippen LogP contribution in [-0.2, 0) is 92.0 Å². The van der Waals surface area contributed by atoms with Gasteiger partial charge >= 0.3 is 17.9 Å². The minimum Gasteiger partial charge on any atom is -0.481 e. The third-order valence-electron chi connectivity index (χ3n) is 14.9. The largest absolute Gasteiger partial charge is 0.481 e. The Balaban J connectivity index is 0.974. The molecule has 1 saturated heterocycles. The van der Waals surface area contributed by atoms with Crippen LogP contribution in [0.25, 0.3) is 22.3 Å². The van der Waals surface area contributed by atoms with Crippen LogP contribution in [0.3, 0.4) is 0 Å². The first-order valence-electron chi connectivity index (χ1n) is 27.4. The maximum absolute atomic E-state index is 15.5.